The molecule has 1 aromatic heterocycles. The molecule has 0 amide bonds. The predicted octanol–water partition coefficient (Wildman–Crippen LogP) is 5.09. The van der Waals surface area contributed by atoms with Crippen molar-refractivity contribution in [3.8, 4) is 17.2 Å². The number of esters is 2. The van der Waals surface area contributed by atoms with Gasteiger partial charge in [0.25, 0.3) is 0 Å². The zero-order valence-electron chi connectivity index (χ0n) is 27.9. The molecule has 0 spiro atoms. The first-order valence-corrected chi connectivity index (χ1v) is 16.2. The van der Waals surface area contributed by atoms with Crippen LogP contribution < -0.4 is 14.2 Å². The van der Waals surface area contributed by atoms with Crippen LogP contribution in [0.25, 0.3) is 17.0 Å². The summed E-state index contributed by atoms with van der Waals surface area (Å²) < 4.78 is 38.0. The molecular formula is C36H42N2O10. The van der Waals surface area contributed by atoms with Crippen LogP contribution in [0.5, 0.6) is 17.2 Å². The van der Waals surface area contributed by atoms with Crippen molar-refractivity contribution in [3.05, 3.63) is 59.3 Å². The fourth-order valence-electron chi connectivity index (χ4n) is 7.82. The second kappa shape index (κ2) is 14.3. The normalized spacial score (nSPS) is 25.0. The summed E-state index contributed by atoms with van der Waals surface area (Å²) in [5, 5.41) is 1.20. The van der Waals surface area contributed by atoms with Crippen molar-refractivity contribution in [3.63, 3.8) is 0 Å². The topological polar surface area (TPSA) is 135 Å². The Morgan fingerprint density at radius 2 is 1.83 bits per heavy atom. The van der Waals surface area contributed by atoms with E-state index in [0.717, 1.165) is 37.2 Å². The van der Waals surface area contributed by atoms with E-state index in [1.807, 2.05) is 12.1 Å². The van der Waals surface area contributed by atoms with Crippen LogP contribution in [0.3, 0.4) is 0 Å². The second-order valence-corrected chi connectivity index (χ2v) is 12.3. The minimum atomic E-state index is -0.840. The van der Waals surface area contributed by atoms with Gasteiger partial charge in [-0.1, -0.05) is 6.07 Å². The Morgan fingerprint density at radius 1 is 1.00 bits per heavy atom. The maximum atomic E-state index is 13.4. The molecule has 1 saturated carbocycles. The number of aromatic nitrogens is 1. The van der Waals surface area contributed by atoms with Gasteiger partial charge in [0.05, 0.1) is 39.9 Å². The average Bonchev–Trinajstić information content (AvgIpc) is 3.47. The number of H-pyrrole nitrogens is 1. The third-order valence-corrected chi connectivity index (χ3v) is 9.92. The van der Waals surface area contributed by atoms with E-state index in [2.05, 4.69) is 16.0 Å². The zero-order valence-corrected chi connectivity index (χ0v) is 27.9. The summed E-state index contributed by atoms with van der Waals surface area (Å²) in [4.78, 5) is 44.5. The first-order valence-electron chi connectivity index (χ1n) is 16.2. The van der Waals surface area contributed by atoms with Crippen LogP contribution in [0, 0.1) is 17.8 Å². The number of carbonyl (C=O) groups excluding carboxylic acids is 3. The van der Waals surface area contributed by atoms with Crippen molar-refractivity contribution < 1.29 is 47.5 Å². The highest BCUT2D eigenvalue weighted by Gasteiger charge is 2.54. The van der Waals surface area contributed by atoms with Crippen LogP contribution in [-0.2, 0) is 35.0 Å². The molecule has 12 heteroatoms. The minimum absolute atomic E-state index is 0.0242. The second-order valence-electron chi connectivity index (χ2n) is 12.3. The van der Waals surface area contributed by atoms with E-state index in [1.165, 1.54) is 36.9 Å². The SMILES string of the molecule is CCOC(=O)Oc1ccc(/C=C/C(=O)O[C@@H]2C[C@@H]3CN4CCc5c([nH]c6cc(OC)ccc56)[C@H]4C[C@@H]3[C@H](C(=O)OC)[C@H]2OC)cc1OC. The number of carbonyl (C=O) groups is 3. The van der Waals surface area contributed by atoms with Crippen LogP contribution in [0.4, 0.5) is 4.79 Å². The summed E-state index contributed by atoms with van der Waals surface area (Å²) in [6.45, 7) is 3.52. The molecule has 1 saturated heterocycles. The number of fused-ring (bicyclic) bond motifs is 6. The maximum Gasteiger partial charge on any atom is 0.513 e. The smallest absolute Gasteiger partial charge is 0.497 e. The molecule has 2 aliphatic heterocycles. The van der Waals surface area contributed by atoms with Crippen LogP contribution >= 0.6 is 0 Å². The highest BCUT2D eigenvalue weighted by molar-refractivity contribution is 5.88. The van der Waals surface area contributed by atoms with E-state index in [4.69, 9.17) is 33.2 Å². The molecule has 6 atom stereocenters. The number of benzene rings is 2. The van der Waals surface area contributed by atoms with Gasteiger partial charge < -0.3 is 38.1 Å². The number of aromatic amines is 1. The van der Waals surface area contributed by atoms with E-state index in [9.17, 15) is 14.4 Å². The van der Waals surface area contributed by atoms with Gasteiger partial charge in [-0.15, -0.1) is 0 Å². The summed E-state index contributed by atoms with van der Waals surface area (Å²) in [5.41, 5.74) is 4.18. The molecule has 1 N–H and O–H groups in total. The summed E-state index contributed by atoms with van der Waals surface area (Å²) in [6.07, 6.45) is 2.97. The molecular weight excluding hydrogens is 620 g/mol. The third-order valence-electron chi connectivity index (χ3n) is 9.92. The van der Waals surface area contributed by atoms with E-state index in [0.29, 0.717) is 17.7 Å². The van der Waals surface area contributed by atoms with Gasteiger partial charge in [0.15, 0.2) is 11.5 Å². The molecule has 3 aromatic rings. The molecule has 6 rings (SSSR count). The van der Waals surface area contributed by atoms with Gasteiger partial charge in [0.1, 0.15) is 18.0 Å². The number of nitrogens with one attached hydrogen (secondary N) is 1. The predicted molar refractivity (Wildman–Crippen MR) is 175 cm³/mol. The van der Waals surface area contributed by atoms with Crippen molar-refractivity contribution in [2.75, 3.05) is 48.1 Å². The molecule has 3 heterocycles. The van der Waals surface area contributed by atoms with Crippen molar-refractivity contribution in [2.24, 2.45) is 17.8 Å². The van der Waals surface area contributed by atoms with Gasteiger partial charge in [0.2, 0.25) is 0 Å². The van der Waals surface area contributed by atoms with E-state index < -0.39 is 30.3 Å². The fraction of sp³-hybridized carbons (Fsp3) is 0.472. The van der Waals surface area contributed by atoms with E-state index >= 15 is 0 Å². The van der Waals surface area contributed by atoms with Crippen molar-refractivity contribution in [1.29, 1.82) is 0 Å². The van der Waals surface area contributed by atoms with Crippen LogP contribution in [0.1, 0.15) is 42.6 Å². The Hall–Kier alpha value is -4.55. The van der Waals surface area contributed by atoms with Crippen molar-refractivity contribution in [2.45, 2.75) is 44.4 Å². The van der Waals surface area contributed by atoms with Crippen LogP contribution in [0.2, 0.25) is 0 Å². The first-order chi connectivity index (χ1) is 23.3. The first kappa shape index (κ1) is 33.4. The lowest BCUT2D eigenvalue weighted by Crippen LogP contribution is -2.58. The Bertz CT molecular complexity index is 1700. The molecule has 12 nitrogen and oxygen atoms in total. The lowest BCUT2D eigenvalue weighted by Gasteiger charge is -2.52. The molecule has 0 bridgehead atoms. The van der Waals surface area contributed by atoms with Gasteiger partial charge in [-0.3, -0.25) is 9.69 Å². The van der Waals surface area contributed by atoms with Gasteiger partial charge in [-0.25, -0.2) is 9.59 Å². The molecule has 2 fully saturated rings. The standard InChI is InChI=1S/C36H42N2O10/c1-6-46-36(41)48-28-11-7-20(15-29(28)43-3)8-12-31(39)47-30-16-21-19-38-14-13-24-23-10-9-22(42-2)17-26(23)37-33(24)27(38)18-25(21)32(34(30)44-4)35(40)45-5/h7-12,15,17,21,25,27,30,32,34,37H,6,13-14,16,18-19H2,1-5H3/b12-8+/t21-,25+,27-,30-,32+,34+/m1/s1. The summed E-state index contributed by atoms with van der Waals surface area (Å²) in [7, 11) is 6.04. The van der Waals surface area contributed by atoms with Crippen LogP contribution in [0.15, 0.2) is 42.5 Å². The Kier molecular flexibility index (Phi) is 9.93. The lowest BCUT2D eigenvalue weighted by molar-refractivity contribution is -0.187. The molecule has 0 radical (unpaired) electrons. The monoisotopic (exact) mass is 662 g/mol. The summed E-state index contributed by atoms with van der Waals surface area (Å²) in [5.74, 6) is -0.177. The lowest BCUT2D eigenvalue weighted by atomic mass is 9.63. The van der Waals surface area contributed by atoms with Gasteiger partial charge in [-0.05, 0) is 79.5 Å². The minimum Gasteiger partial charge on any atom is -0.497 e. The quantitative estimate of drug-likeness (QED) is 0.142. The Morgan fingerprint density at radius 3 is 2.56 bits per heavy atom. The maximum absolute atomic E-state index is 13.4. The number of piperidine rings is 1. The van der Waals surface area contributed by atoms with Crippen molar-refractivity contribution >= 4 is 35.1 Å². The number of ether oxygens (including phenoxy) is 7. The van der Waals surface area contributed by atoms with E-state index in [-0.39, 0.29) is 36.2 Å². The molecule has 0 unspecified atom stereocenters. The summed E-state index contributed by atoms with van der Waals surface area (Å²) in [6, 6.07) is 11.1. The van der Waals surface area contributed by atoms with Crippen molar-refractivity contribution in [1.82, 2.24) is 9.88 Å². The van der Waals surface area contributed by atoms with Crippen LogP contribution in [-0.4, -0.2) is 88.3 Å². The Balaban J connectivity index is 1.19. The highest BCUT2D eigenvalue weighted by atomic mass is 16.7. The molecule has 1 aliphatic carbocycles. The molecule has 48 heavy (non-hydrogen) atoms. The Labute approximate surface area is 279 Å². The molecule has 2 aromatic carbocycles. The zero-order chi connectivity index (χ0) is 33.9. The van der Waals surface area contributed by atoms with Gasteiger partial charge in [-0.2, -0.15) is 0 Å². The van der Waals surface area contributed by atoms with E-state index in [1.54, 1.807) is 45.4 Å². The third kappa shape index (κ3) is 6.46. The number of hydrogen-bond acceptors (Lipinski definition) is 11. The van der Waals surface area contributed by atoms with Gasteiger partial charge in [0, 0.05) is 48.9 Å². The fourth-order valence-corrected chi connectivity index (χ4v) is 7.82. The summed E-state index contributed by atoms with van der Waals surface area (Å²) >= 11 is 0. The highest BCUT2D eigenvalue weighted by Crippen LogP contribution is 2.50. The molecule has 3 aliphatic rings. The largest absolute Gasteiger partial charge is 0.513 e. The average molecular weight is 663 g/mol. The molecule has 256 valence electrons. The number of methoxy groups -OCH3 is 4. The number of rotatable bonds is 9. The number of hydrogen-bond donors (Lipinski definition) is 1. The van der Waals surface area contributed by atoms with Gasteiger partial charge >= 0.3 is 18.1 Å². The number of nitrogens with zero attached hydrogens (tertiary/aromatic N) is 1.